The highest BCUT2D eigenvalue weighted by atomic mass is 16.2. The molecule has 0 radical (unpaired) electrons. The smallest absolute Gasteiger partial charge is 0.255 e. The Bertz CT molecular complexity index is 619. The Kier molecular flexibility index (Phi) is 4.12. The summed E-state index contributed by atoms with van der Waals surface area (Å²) >= 11 is 0. The molecule has 2 rings (SSSR count). The summed E-state index contributed by atoms with van der Waals surface area (Å²) in [6.07, 6.45) is 0. The normalized spacial score (nSPS) is 10.1. The zero-order valence-corrected chi connectivity index (χ0v) is 10.8. The molecule has 0 heterocycles. The number of amides is 2. The maximum Gasteiger partial charge on any atom is 0.255 e. The average molecular weight is 269 g/mol. The number of hydrogen-bond acceptors (Lipinski definition) is 3. The van der Waals surface area contributed by atoms with Gasteiger partial charge in [0.25, 0.3) is 5.91 Å². The molecular weight excluding hydrogens is 254 g/mol. The molecule has 0 aliphatic heterocycles. The van der Waals surface area contributed by atoms with Gasteiger partial charge in [0.15, 0.2) is 0 Å². The predicted molar refractivity (Wildman–Crippen MR) is 77.2 cm³/mol. The van der Waals surface area contributed by atoms with E-state index in [1.807, 2.05) is 12.1 Å². The lowest BCUT2D eigenvalue weighted by Crippen LogP contribution is -2.13. The fourth-order valence-electron chi connectivity index (χ4n) is 1.71. The third-order valence-corrected chi connectivity index (χ3v) is 2.88. The molecule has 5 nitrogen and oxygen atoms in total. The van der Waals surface area contributed by atoms with Crippen LogP contribution in [0.2, 0.25) is 0 Å². The van der Waals surface area contributed by atoms with Gasteiger partial charge in [0.2, 0.25) is 5.91 Å². The fourth-order valence-corrected chi connectivity index (χ4v) is 1.71. The maximum absolute atomic E-state index is 12.0. The van der Waals surface area contributed by atoms with Crippen LogP contribution in [0.3, 0.4) is 0 Å². The largest absolute Gasteiger partial charge is 0.366 e. The van der Waals surface area contributed by atoms with E-state index in [4.69, 9.17) is 11.5 Å². The van der Waals surface area contributed by atoms with Crippen LogP contribution in [0.1, 0.15) is 26.3 Å². The van der Waals surface area contributed by atoms with Crippen LogP contribution in [-0.2, 0) is 6.54 Å². The Morgan fingerprint density at radius 2 is 1.45 bits per heavy atom. The van der Waals surface area contributed by atoms with E-state index < -0.39 is 5.91 Å². The van der Waals surface area contributed by atoms with Crippen LogP contribution in [0.25, 0.3) is 0 Å². The minimum atomic E-state index is -0.500. The third kappa shape index (κ3) is 3.21. The summed E-state index contributed by atoms with van der Waals surface area (Å²) in [5, 5.41) is 2.74. The summed E-state index contributed by atoms with van der Waals surface area (Å²) < 4.78 is 0. The Morgan fingerprint density at radius 3 is 1.95 bits per heavy atom. The van der Waals surface area contributed by atoms with Crippen molar-refractivity contribution in [2.45, 2.75) is 6.54 Å². The molecule has 0 aromatic heterocycles. The zero-order valence-electron chi connectivity index (χ0n) is 10.8. The number of primary amides is 1. The van der Waals surface area contributed by atoms with Crippen molar-refractivity contribution in [2.75, 3.05) is 5.32 Å². The average Bonchev–Trinajstić information content (AvgIpc) is 2.48. The van der Waals surface area contributed by atoms with E-state index in [-0.39, 0.29) is 5.91 Å². The van der Waals surface area contributed by atoms with Crippen molar-refractivity contribution >= 4 is 17.5 Å². The predicted octanol–water partition coefficient (Wildman–Crippen LogP) is 1.50. The van der Waals surface area contributed by atoms with Crippen molar-refractivity contribution in [3.05, 3.63) is 65.2 Å². The Morgan fingerprint density at radius 1 is 0.900 bits per heavy atom. The number of hydrogen-bond donors (Lipinski definition) is 3. The van der Waals surface area contributed by atoms with E-state index in [2.05, 4.69) is 5.32 Å². The minimum absolute atomic E-state index is 0.222. The van der Waals surface area contributed by atoms with Crippen molar-refractivity contribution in [1.29, 1.82) is 0 Å². The number of nitrogens with one attached hydrogen (secondary N) is 1. The molecule has 2 amide bonds. The zero-order chi connectivity index (χ0) is 14.5. The van der Waals surface area contributed by atoms with E-state index in [0.717, 1.165) is 5.56 Å². The van der Waals surface area contributed by atoms with Gasteiger partial charge >= 0.3 is 0 Å². The van der Waals surface area contributed by atoms with Gasteiger partial charge in [-0.05, 0) is 42.0 Å². The van der Waals surface area contributed by atoms with E-state index in [0.29, 0.717) is 23.4 Å². The van der Waals surface area contributed by atoms with Gasteiger partial charge in [0.1, 0.15) is 0 Å². The number of rotatable bonds is 4. The molecule has 0 aliphatic carbocycles. The van der Waals surface area contributed by atoms with Crippen LogP contribution in [0, 0.1) is 0 Å². The highest BCUT2D eigenvalue weighted by molar-refractivity contribution is 6.04. The van der Waals surface area contributed by atoms with E-state index in [9.17, 15) is 9.59 Å². The molecule has 0 unspecified atom stereocenters. The topological polar surface area (TPSA) is 98.2 Å². The van der Waals surface area contributed by atoms with E-state index in [1.54, 1.807) is 36.4 Å². The summed E-state index contributed by atoms with van der Waals surface area (Å²) in [5.41, 5.74) is 13.2. The first-order valence-corrected chi connectivity index (χ1v) is 6.10. The van der Waals surface area contributed by atoms with Crippen LogP contribution in [0.15, 0.2) is 48.5 Å². The molecule has 0 bridgehead atoms. The lowest BCUT2D eigenvalue weighted by Gasteiger charge is -2.06. The second-order valence-corrected chi connectivity index (χ2v) is 4.30. The molecule has 0 fully saturated rings. The highest BCUT2D eigenvalue weighted by Gasteiger charge is 2.06. The quantitative estimate of drug-likeness (QED) is 0.784. The van der Waals surface area contributed by atoms with Crippen LogP contribution in [-0.4, -0.2) is 11.8 Å². The van der Waals surface area contributed by atoms with Crippen LogP contribution < -0.4 is 16.8 Å². The number of benzene rings is 2. The highest BCUT2D eigenvalue weighted by Crippen LogP contribution is 2.12. The van der Waals surface area contributed by atoms with Crippen molar-refractivity contribution in [3.8, 4) is 0 Å². The molecule has 102 valence electrons. The summed E-state index contributed by atoms with van der Waals surface area (Å²) in [6.45, 7) is 0.441. The Balaban J connectivity index is 2.08. The van der Waals surface area contributed by atoms with Crippen molar-refractivity contribution in [3.63, 3.8) is 0 Å². The summed E-state index contributed by atoms with van der Waals surface area (Å²) in [4.78, 5) is 22.9. The van der Waals surface area contributed by atoms with Gasteiger partial charge in [0, 0.05) is 23.4 Å². The molecule has 20 heavy (non-hydrogen) atoms. The Labute approximate surface area is 116 Å². The molecular formula is C15H15N3O2. The second kappa shape index (κ2) is 5.99. The third-order valence-electron chi connectivity index (χ3n) is 2.88. The van der Waals surface area contributed by atoms with Gasteiger partial charge in [0.05, 0.1) is 0 Å². The number of carbonyl (C=O) groups excluding carboxylic acids is 2. The molecule has 0 saturated heterocycles. The molecule has 5 heteroatoms. The standard InChI is InChI=1S/C15H15N3O2/c16-9-10-1-3-12(4-2-10)15(20)18-13-7-5-11(6-8-13)14(17)19/h1-8H,9,16H2,(H2,17,19)(H,18,20). The van der Waals surface area contributed by atoms with Gasteiger partial charge in [-0.15, -0.1) is 0 Å². The summed E-state index contributed by atoms with van der Waals surface area (Å²) in [7, 11) is 0. The lowest BCUT2D eigenvalue weighted by molar-refractivity contribution is 0.0998. The summed E-state index contributed by atoms with van der Waals surface area (Å²) in [5.74, 6) is -0.722. The number of nitrogens with two attached hydrogens (primary N) is 2. The first-order valence-electron chi connectivity index (χ1n) is 6.10. The van der Waals surface area contributed by atoms with Crippen LogP contribution in [0.4, 0.5) is 5.69 Å². The maximum atomic E-state index is 12.0. The van der Waals surface area contributed by atoms with Gasteiger partial charge in [-0.2, -0.15) is 0 Å². The van der Waals surface area contributed by atoms with Crippen LogP contribution in [0.5, 0.6) is 0 Å². The monoisotopic (exact) mass is 269 g/mol. The first-order chi connectivity index (χ1) is 9.60. The fraction of sp³-hybridized carbons (Fsp3) is 0.0667. The number of carbonyl (C=O) groups is 2. The molecule has 5 N–H and O–H groups in total. The first kappa shape index (κ1) is 13.8. The molecule has 2 aromatic rings. The van der Waals surface area contributed by atoms with Crippen molar-refractivity contribution < 1.29 is 9.59 Å². The molecule has 0 aliphatic rings. The van der Waals surface area contributed by atoms with Crippen molar-refractivity contribution in [1.82, 2.24) is 0 Å². The molecule has 2 aromatic carbocycles. The molecule has 0 saturated carbocycles. The van der Waals surface area contributed by atoms with Crippen LogP contribution >= 0.6 is 0 Å². The minimum Gasteiger partial charge on any atom is -0.366 e. The SMILES string of the molecule is NCc1ccc(C(=O)Nc2ccc(C(N)=O)cc2)cc1. The lowest BCUT2D eigenvalue weighted by atomic mass is 10.1. The van der Waals surface area contributed by atoms with E-state index in [1.165, 1.54) is 0 Å². The molecule has 0 atom stereocenters. The summed E-state index contributed by atoms with van der Waals surface area (Å²) in [6, 6.07) is 13.4. The molecule has 0 spiro atoms. The number of anilines is 1. The van der Waals surface area contributed by atoms with E-state index >= 15 is 0 Å². The van der Waals surface area contributed by atoms with Gasteiger partial charge in [-0.1, -0.05) is 12.1 Å². The Hall–Kier alpha value is -2.66. The van der Waals surface area contributed by atoms with Gasteiger partial charge in [-0.3, -0.25) is 9.59 Å². The van der Waals surface area contributed by atoms with Crippen molar-refractivity contribution in [2.24, 2.45) is 11.5 Å². The van der Waals surface area contributed by atoms with Gasteiger partial charge < -0.3 is 16.8 Å². The second-order valence-electron chi connectivity index (χ2n) is 4.30. The van der Waals surface area contributed by atoms with Gasteiger partial charge in [-0.25, -0.2) is 0 Å².